The Morgan fingerprint density at radius 1 is 1.08 bits per heavy atom. The summed E-state index contributed by atoms with van der Waals surface area (Å²) in [5, 5.41) is 6.48. The predicted molar refractivity (Wildman–Crippen MR) is 96.2 cm³/mol. The van der Waals surface area contributed by atoms with Gasteiger partial charge >= 0.3 is 0 Å². The lowest BCUT2D eigenvalue weighted by Crippen LogP contribution is -2.31. The van der Waals surface area contributed by atoms with Gasteiger partial charge in [-0.1, -0.05) is 29.8 Å². The van der Waals surface area contributed by atoms with E-state index in [0.717, 1.165) is 11.3 Å². The highest BCUT2D eigenvalue weighted by atomic mass is 35.5. The molecule has 0 atom stereocenters. The van der Waals surface area contributed by atoms with Crippen LogP contribution in [0.3, 0.4) is 0 Å². The lowest BCUT2D eigenvalue weighted by Gasteiger charge is -2.12. The number of anilines is 1. The first kappa shape index (κ1) is 17.9. The number of rotatable bonds is 8. The van der Waals surface area contributed by atoms with E-state index in [1.807, 2.05) is 24.3 Å². The number of hydrogen-bond donors (Lipinski definition) is 2. The van der Waals surface area contributed by atoms with Gasteiger partial charge in [0.15, 0.2) is 0 Å². The van der Waals surface area contributed by atoms with Crippen LogP contribution in [0.2, 0.25) is 5.02 Å². The summed E-state index contributed by atoms with van der Waals surface area (Å²) in [7, 11) is 3.21. The van der Waals surface area contributed by atoms with E-state index in [0.29, 0.717) is 29.4 Å². The molecular weight excluding hydrogens is 328 g/mol. The number of halogens is 1. The molecule has 0 saturated carbocycles. The van der Waals surface area contributed by atoms with Crippen molar-refractivity contribution >= 4 is 23.2 Å². The minimum Gasteiger partial charge on any atom is -0.496 e. The molecule has 0 radical (unpaired) electrons. The highest BCUT2D eigenvalue weighted by Gasteiger charge is 2.07. The van der Waals surface area contributed by atoms with Crippen LogP contribution in [0.5, 0.6) is 11.5 Å². The van der Waals surface area contributed by atoms with Crippen molar-refractivity contribution < 1.29 is 14.3 Å². The van der Waals surface area contributed by atoms with Crippen LogP contribution in [-0.4, -0.2) is 33.2 Å². The van der Waals surface area contributed by atoms with Crippen molar-refractivity contribution in [2.45, 2.75) is 6.42 Å². The van der Waals surface area contributed by atoms with E-state index in [1.165, 1.54) is 0 Å². The number of benzene rings is 2. The molecule has 0 saturated heterocycles. The first-order chi connectivity index (χ1) is 11.6. The standard InChI is InChI=1S/C18H21ClN2O3/c1-23-16-6-4-3-5-13(16)9-10-20-18(22)12-21-15-11-14(19)7-8-17(15)24-2/h3-8,11,21H,9-10,12H2,1-2H3,(H,20,22). The van der Waals surface area contributed by atoms with Crippen LogP contribution in [0, 0.1) is 0 Å². The average Bonchev–Trinajstić information content (AvgIpc) is 2.60. The Morgan fingerprint density at radius 2 is 1.83 bits per heavy atom. The molecule has 0 aliphatic heterocycles. The molecule has 2 aromatic rings. The zero-order valence-corrected chi connectivity index (χ0v) is 14.5. The van der Waals surface area contributed by atoms with E-state index < -0.39 is 0 Å². The Bertz CT molecular complexity index is 692. The summed E-state index contributed by atoms with van der Waals surface area (Å²) >= 11 is 5.96. The fraction of sp³-hybridized carbons (Fsp3) is 0.278. The molecule has 2 N–H and O–H groups in total. The Balaban J connectivity index is 1.81. The van der Waals surface area contributed by atoms with E-state index in [1.54, 1.807) is 32.4 Å². The summed E-state index contributed by atoms with van der Waals surface area (Å²) < 4.78 is 10.5. The van der Waals surface area contributed by atoms with Gasteiger partial charge in [0.1, 0.15) is 11.5 Å². The van der Waals surface area contributed by atoms with Crippen molar-refractivity contribution in [3.63, 3.8) is 0 Å². The zero-order valence-electron chi connectivity index (χ0n) is 13.8. The van der Waals surface area contributed by atoms with Crippen LogP contribution in [-0.2, 0) is 11.2 Å². The number of carbonyl (C=O) groups excluding carboxylic acids is 1. The molecule has 0 bridgehead atoms. The van der Waals surface area contributed by atoms with Crippen LogP contribution in [0.15, 0.2) is 42.5 Å². The van der Waals surface area contributed by atoms with Gasteiger partial charge in [-0.2, -0.15) is 0 Å². The van der Waals surface area contributed by atoms with Gasteiger partial charge in [-0.05, 0) is 36.2 Å². The molecule has 5 nitrogen and oxygen atoms in total. The minimum absolute atomic E-state index is 0.105. The monoisotopic (exact) mass is 348 g/mol. The topological polar surface area (TPSA) is 59.6 Å². The van der Waals surface area contributed by atoms with Crippen LogP contribution in [0.4, 0.5) is 5.69 Å². The highest BCUT2D eigenvalue weighted by Crippen LogP contribution is 2.27. The third kappa shape index (κ3) is 5.06. The molecule has 0 heterocycles. The molecule has 0 aliphatic rings. The maximum Gasteiger partial charge on any atom is 0.239 e. The van der Waals surface area contributed by atoms with Crippen molar-refractivity contribution in [3.05, 3.63) is 53.1 Å². The molecule has 128 valence electrons. The summed E-state index contributed by atoms with van der Waals surface area (Å²) in [5.41, 5.74) is 1.75. The largest absolute Gasteiger partial charge is 0.496 e. The number of amides is 1. The lowest BCUT2D eigenvalue weighted by atomic mass is 10.1. The second-order valence-electron chi connectivity index (χ2n) is 5.11. The Labute approximate surface area is 146 Å². The normalized spacial score (nSPS) is 10.1. The van der Waals surface area contributed by atoms with Gasteiger partial charge in [0, 0.05) is 11.6 Å². The molecule has 0 aliphatic carbocycles. The van der Waals surface area contributed by atoms with E-state index in [-0.39, 0.29) is 12.5 Å². The van der Waals surface area contributed by atoms with E-state index in [2.05, 4.69) is 10.6 Å². The van der Waals surface area contributed by atoms with Crippen molar-refractivity contribution in [2.24, 2.45) is 0 Å². The van der Waals surface area contributed by atoms with Crippen molar-refractivity contribution in [1.29, 1.82) is 0 Å². The molecule has 6 heteroatoms. The summed E-state index contributed by atoms with van der Waals surface area (Å²) in [5.74, 6) is 1.36. The zero-order chi connectivity index (χ0) is 17.4. The summed E-state index contributed by atoms with van der Waals surface area (Å²) in [6.07, 6.45) is 0.705. The number of carbonyl (C=O) groups is 1. The maximum absolute atomic E-state index is 12.0. The van der Waals surface area contributed by atoms with Crippen LogP contribution in [0.25, 0.3) is 0 Å². The molecule has 24 heavy (non-hydrogen) atoms. The third-order valence-corrected chi connectivity index (χ3v) is 3.75. The number of nitrogens with one attached hydrogen (secondary N) is 2. The second kappa shape index (κ2) is 9.03. The van der Waals surface area contributed by atoms with E-state index >= 15 is 0 Å². The minimum atomic E-state index is -0.105. The molecule has 0 aromatic heterocycles. The quantitative estimate of drug-likeness (QED) is 0.769. The van der Waals surface area contributed by atoms with Gasteiger partial charge in [-0.25, -0.2) is 0 Å². The van der Waals surface area contributed by atoms with E-state index in [9.17, 15) is 4.79 Å². The number of methoxy groups -OCH3 is 2. The summed E-state index contributed by atoms with van der Waals surface area (Å²) in [6.45, 7) is 0.677. The maximum atomic E-state index is 12.0. The van der Waals surface area contributed by atoms with Crippen molar-refractivity contribution in [2.75, 3.05) is 32.6 Å². The summed E-state index contributed by atoms with van der Waals surface area (Å²) in [6, 6.07) is 13.0. The number of ether oxygens (including phenoxy) is 2. The van der Waals surface area contributed by atoms with Crippen molar-refractivity contribution in [3.8, 4) is 11.5 Å². The van der Waals surface area contributed by atoms with Gasteiger partial charge in [0.05, 0.1) is 26.5 Å². The molecule has 0 spiro atoms. The van der Waals surface area contributed by atoms with Gasteiger partial charge in [0.2, 0.25) is 5.91 Å². The predicted octanol–water partition coefficient (Wildman–Crippen LogP) is 3.13. The third-order valence-electron chi connectivity index (χ3n) is 3.51. The van der Waals surface area contributed by atoms with Gasteiger partial charge in [0.25, 0.3) is 0 Å². The van der Waals surface area contributed by atoms with Gasteiger partial charge in [-0.3, -0.25) is 4.79 Å². The molecule has 0 fully saturated rings. The fourth-order valence-corrected chi connectivity index (χ4v) is 2.47. The molecule has 0 unspecified atom stereocenters. The highest BCUT2D eigenvalue weighted by molar-refractivity contribution is 6.30. The SMILES string of the molecule is COc1ccccc1CCNC(=O)CNc1cc(Cl)ccc1OC. The summed E-state index contributed by atoms with van der Waals surface area (Å²) in [4.78, 5) is 12.0. The molecule has 2 aromatic carbocycles. The number of hydrogen-bond acceptors (Lipinski definition) is 4. The van der Waals surface area contributed by atoms with Crippen LogP contribution < -0.4 is 20.1 Å². The van der Waals surface area contributed by atoms with Crippen LogP contribution in [0.1, 0.15) is 5.56 Å². The fourth-order valence-electron chi connectivity index (χ4n) is 2.30. The first-order valence-electron chi connectivity index (χ1n) is 7.60. The lowest BCUT2D eigenvalue weighted by molar-refractivity contribution is -0.119. The van der Waals surface area contributed by atoms with E-state index in [4.69, 9.17) is 21.1 Å². The van der Waals surface area contributed by atoms with Gasteiger partial charge in [-0.15, -0.1) is 0 Å². The Hall–Kier alpha value is -2.40. The Kier molecular flexibility index (Phi) is 6.75. The Morgan fingerprint density at radius 3 is 2.58 bits per heavy atom. The molecule has 1 amide bonds. The van der Waals surface area contributed by atoms with Gasteiger partial charge < -0.3 is 20.1 Å². The van der Waals surface area contributed by atoms with Crippen molar-refractivity contribution in [1.82, 2.24) is 5.32 Å². The smallest absolute Gasteiger partial charge is 0.239 e. The number of para-hydroxylation sites is 1. The second-order valence-corrected chi connectivity index (χ2v) is 5.55. The van der Waals surface area contributed by atoms with Crippen LogP contribution >= 0.6 is 11.6 Å². The average molecular weight is 349 g/mol. The first-order valence-corrected chi connectivity index (χ1v) is 7.98. The molecule has 2 rings (SSSR count). The molecular formula is C18H21ClN2O3.